The molecule has 8 nitrogen and oxygen atoms in total. The van der Waals surface area contributed by atoms with E-state index < -0.39 is 70.6 Å². The van der Waals surface area contributed by atoms with Gasteiger partial charge in [0.25, 0.3) is 5.91 Å². The molecule has 0 saturated heterocycles. The van der Waals surface area contributed by atoms with Gasteiger partial charge in [-0.2, -0.15) is 18.3 Å². The normalized spacial score (nSPS) is 12.2. The quantitative estimate of drug-likeness (QED) is 0.215. The van der Waals surface area contributed by atoms with Crippen molar-refractivity contribution >= 4 is 17.6 Å². The standard InChI is InChI=1S/C28H21F6N5O3/c1-14(40)21-12-39(38-26(21)28(32,33)34)13-24(41)37-23(9-15-7-17(29)11-18(30)8-15)25-19(3-2-6-36-25)16-4-5-22(31)20(10-16)27(35)42/h2-8,10-12,23H,9,13H2,1H3,(H2,35,42)(H,37,41). The van der Waals surface area contributed by atoms with Crippen LogP contribution in [0, 0.1) is 17.5 Å². The van der Waals surface area contributed by atoms with Crippen LogP contribution in [0.3, 0.4) is 0 Å². The summed E-state index contributed by atoms with van der Waals surface area (Å²) in [4.78, 5) is 40.8. The number of Topliss-reactive ketones (excluding diaryl/α,β-unsaturated/α-hetero) is 1. The summed E-state index contributed by atoms with van der Waals surface area (Å²) in [6.45, 7) is 0.168. The number of nitrogens with zero attached hydrogens (tertiary/aromatic N) is 3. The number of pyridine rings is 1. The molecule has 42 heavy (non-hydrogen) atoms. The summed E-state index contributed by atoms with van der Waals surface area (Å²) in [5.74, 6) is -5.49. The molecule has 1 unspecified atom stereocenters. The van der Waals surface area contributed by atoms with E-state index >= 15 is 0 Å². The molecule has 218 valence electrons. The van der Waals surface area contributed by atoms with Gasteiger partial charge in [0.05, 0.1) is 22.9 Å². The number of nitrogens with one attached hydrogen (secondary N) is 1. The number of rotatable bonds is 9. The zero-order chi connectivity index (χ0) is 30.8. The fourth-order valence-corrected chi connectivity index (χ4v) is 4.36. The molecule has 2 aromatic carbocycles. The summed E-state index contributed by atoms with van der Waals surface area (Å²) in [5.41, 5.74) is 3.45. The number of hydrogen-bond acceptors (Lipinski definition) is 5. The van der Waals surface area contributed by atoms with Crippen molar-refractivity contribution in [2.45, 2.75) is 32.1 Å². The lowest BCUT2D eigenvalue weighted by Gasteiger charge is -2.22. The smallest absolute Gasteiger partial charge is 0.366 e. The lowest BCUT2D eigenvalue weighted by Crippen LogP contribution is -2.34. The maximum atomic E-state index is 14.1. The minimum Gasteiger partial charge on any atom is -0.366 e. The highest BCUT2D eigenvalue weighted by Crippen LogP contribution is 2.32. The van der Waals surface area contributed by atoms with Gasteiger partial charge in [-0.25, -0.2) is 13.2 Å². The highest BCUT2D eigenvalue weighted by atomic mass is 19.4. The van der Waals surface area contributed by atoms with E-state index in [0.717, 1.165) is 31.3 Å². The maximum Gasteiger partial charge on any atom is 0.435 e. The maximum absolute atomic E-state index is 14.1. The third-order valence-electron chi connectivity index (χ3n) is 6.12. The SMILES string of the molecule is CC(=O)c1cn(CC(=O)NC(Cc2cc(F)cc(F)c2)c2ncccc2-c2ccc(F)c(C(N)=O)c2)nc1C(F)(F)F. The molecule has 0 saturated carbocycles. The van der Waals surface area contributed by atoms with E-state index in [0.29, 0.717) is 16.3 Å². The van der Waals surface area contributed by atoms with E-state index in [-0.39, 0.29) is 23.2 Å². The van der Waals surface area contributed by atoms with Crippen molar-refractivity contribution in [1.29, 1.82) is 0 Å². The number of carbonyl (C=O) groups is 3. The molecular formula is C28H21F6N5O3. The van der Waals surface area contributed by atoms with Crippen molar-refractivity contribution in [3.63, 3.8) is 0 Å². The van der Waals surface area contributed by atoms with Gasteiger partial charge in [0, 0.05) is 24.0 Å². The van der Waals surface area contributed by atoms with Crippen LogP contribution in [-0.4, -0.2) is 32.4 Å². The van der Waals surface area contributed by atoms with Crippen LogP contribution >= 0.6 is 0 Å². The number of primary amides is 1. The van der Waals surface area contributed by atoms with Crippen LogP contribution in [0.1, 0.15) is 50.6 Å². The summed E-state index contributed by atoms with van der Waals surface area (Å²) >= 11 is 0. The van der Waals surface area contributed by atoms with Crippen LogP contribution in [0.4, 0.5) is 26.3 Å². The van der Waals surface area contributed by atoms with E-state index in [1.165, 1.54) is 30.5 Å². The number of hydrogen-bond donors (Lipinski definition) is 2. The van der Waals surface area contributed by atoms with Gasteiger partial charge in [0.15, 0.2) is 11.5 Å². The highest BCUT2D eigenvalue weighted by molar-refractivity contribution is 5.95. The molecule has 14 heteroatoms. The van der Waals surface area contributed by atoms with Gasteiger partial charge in [-0.05, 0) is 54.8 Å². The summed E-state index contributed by atoms with van der Waals surface area (Å²) in [7, 11) is 0. The second-order valence-corrected chi connectivity index (χ2v) is 9.24. The molecule has 0 aliphatic carbocycles. The molecule has 0 aliphatic heterocycles. The highest BCUT2D eigenvalue weighted by Gasteiger charge is 2.38. The first-order chi connectivity index (χ1) is 19.7. The average Bonchev–Trinajstić information content (AvgIpc) is 3.33. The fourth-order valence-electron chi connectivity index (χ4n) is 4.36. The first kappa shape index (κ1) is 30.0. The lowest BCUT2D eigenvalue weighted by atomic mass is 9.94. The summed E-state index contributed by atoms with van der Waals surface area (Å²) in [5, 5.41) is 5.93. The number of benzene rings is 2. The monoisotopic (exact) mass is 589 g/mol. The van der Waals surface area contributed by atoms with Gasteiger partial charge in [-0.3, -0.25) is 24.0 Å². The van der Waals surface area contributed by atoms with Crippen molar-refractivity contribution in [1.82, 2.24) is 20.1 Å². The Morgan fingerprint density at radius 2 is 1.69 bits per heavy atom. The summed E-state index contributed by atoms with van der Waals surface area (Å²) < 4.78 is 82.8. The third-order valence-corrected chi connectivity index (χ3v) is 6.12. The topological polar surface area (TPSA) is 120 Å². The molecule has 4 aromatic rings. The third kappa shape index (κ3) is 6.82. The predicted molar refractivity (Wildman–Crippen MR) is 136 cm³/mol. The molecule has 0 aliphatic rings. The zero-order valence-corrected chi connectivity index (χ0v) is 21.7. The Kier molecular flexibility index (Phi) is 8.45. The van der Waals surface area contributed by atoms with Crippen LogP contribution in [0.5, 0.6) is 0 Å². The van der Waals surface area contributed by atoms with E-state index in [2.05, 4.69) is 15.4 Å². The van der Waals surface area contributed by atoms with Crippen LogP contribution in [0.25, 0.3) is 11.1 Å². The Hall–Kier alpha value is -5.01. The Morgan fingerprint density at radius 3 is 2.29 bits per heavy atom. The van der Waals surface area contributed by atoms with E-state index in [1.807, 2.05) is 0 Å². The molecule has 0 fully saturated rings. The molecule has 2 amide bonds. The Labute approximate surface area is 234 Å². The average molecular weight is 589 g/mol. The van der Waals surface area contributed by atoms with Crippen molar-refractivity contribution in [3.05, 3.63) is 106 Å². The summed E-state index contributed by atoms with van der Waals surface area (Å²) in [6.07, 6.45) is -3.04. The van der Waals surface area contributed by atoms with Crippen molar-refractivity contribution in [3.8, 4) is 11.1 Å². The second-order valence-electron chi connectivity index (χ2n) is 9.24. The number of carbonyl (C=O) groups excluding carboxylic acids is 3. The molecule has 3 N–H and O–H groups in total. The Morgan fingerprint density at radius 1 is 1.00 bits per heavy atom. The van der Waals surface area contributed by atoms with Gasteiger partial charge in [-0.15, -0.1) is 0 Å². The summed E-state index contributed by atoms with van der Waals surface area (Å²) in [6, 6.07) is 8.11. The van der Waals surface area contributed by atoms with Crippen molar-refractivity contribution in [2.75, 3.05) is 0 Å². The number of aromatic nitrogens is 3. The predicted octanol–water partition coefficient (Wildman–Crippen LogP) is 4.78. The van der Waals surface area contributed by atoms with Crippen LogP contribution in [0.15, 0.2) is 60.9 Å². The molecule has 0 spiro atoms. The van der Waals surface area contributed by atoms with Gasteiger partial charge in [0.1, 0.15) is 24.0 Å². The minimum absolute atomic E-state index is 0.101. The van der Waals surface area contributed by atoms with Crippen LogP contribution in [0.2, 0.25) is 0 Å². The molecule has 1 atom stereocenters. The number of halogens is 6. The minimum atomic E-state index is -4.95. The molecule has 0 bridgehead atoms. The van der Waals surface area contributed by atoms with Gasteiger partial charge >= 0.3 is 6.18 Å². The van der Waals surface area contributed by atoms with Gasteiger partial charge in [0.2, 0.25) is 5.91 Å². The van der Waals surface area contributed by atoms with Crippen molar-refractivity contribution < 1.29 is 40.7 Å². The van der Waals surface area contributed by atoms with Crippen LogP contribution < -0.4 is 11.1 Å². The first-order valence-electron chi connectivity index (χ1n) is 12.2. The van der Waals surface area contributed by atoms with Crippen LogP contribution in [-0.2, 0) is 23.9 Å². The van der Waals surface area contributed by atoms with E-state index in [4.69, 9.17) is 5.73 Å². The van der Waals surface area contributed by atoms with E-state index in [9.17, 15) is 40.7 Å². The second kappa shape index (κ2) is 11.8. The Balaban J connectivity index is 1.74. The fraction of sp³-hybridized carbons (Fsp3) is 0.179. The number of amides is 2. The molecule has 2 heterocycles. The molecule has 2 aromatic heterocycles. The largest absolute Gasteiger partial charge is 0.435 e. The van der Waals surface area contributed by atoms with E-state index in [1.54, 1.807) is 0 Å². The lowest BCUT2D eigenvalue weighted by molar-refractivity contribution is -0.142. The van der Waals surface area contributed by atoms with Gasteiger partial charge < -0.3 is 11.1 Å². The Bertz CT molecular complexity index is 1660. The molecular weight excluding hydrogens is 568 g/mol. The van der Waals surface area contributed by atoms with Gasteiger partial charge in [-0.1, -0.05) is 12.1 Å². The number of ketones is 1. The first-order valence-corrected chi connectivity index (χ1v) is 12.2. The molecule has 4 rings (SSSR count). The zero-order valence-electron chi connectivity index (χ0n) is 21.7. The number of nitrogens with two attached hydrogens (primary N) is 1. The molecule has 0 radical (unpaired) electrons. The number of alkyl halides is 3. The van der Waals surface area contributed by atoms with Crippen molar-refractivity contribution in [2.24, 2.45) is 5.73 Å².